The third-order valence-electron chi connectivity index (χ3n) is 6.41. The van der Waals surface area contributed by atoms with Crippen LogP contribution in [0.25, 0.3) is 0 Å². The minimum Gasteiger partial charge on any atom is -0.444 e. The first-order valence-electron chi connectivity index (χ1n) is 9.19. The Morgan fingerprint density at radius 1 is 1.25 bits per heavy atom. The summed E-state index contributed by atoms with van der Waals surface area (Å²) >= 11 is 0. The van der Waals surface area contributed by atoms with Gasteiger partial charge in [-0.3, -0.25) is 5.10 Å². The highest BCUT2D eigenvalue weighted by atomic mass is 16.6. The van der Waals surface area contributed by atoms with Gasteiger partial charge < -0.3 is 9.64 Å². The molecule has 4 aliphatic carbocycles. The number of hydrogen-bond acceptors (Lipinski definition) is 4. The lowest BCUT2D eigenvalue weighted by atomic mass is 9.31. The monoisotopic (exact) mass is 330 g/mol. The number of H-pyrrole nitrogens is 1. The third kappa shape index (κ3) is 2.04. The van der Waals surface area contributed by atoms with Crippen LogP contribution in [0.1, 0.15) is 70.4 Å². The van der Waals surface area contributed by atoms with Gasteiger partial charge in [0.2, 0.25) is 0 Å². The molecular weight excluding hydrogens is 304 g/mol. The van der Waals surface area contributed by atoms with Crippen molar-refractivity contribution in [3.05, 3.63) is 11.6 Å². The van der Waals surface area contributed by atoms with Gasteiger partial charge in [0.05, 0.1) is 0 Å². The van der Waals surface area contributed by atoms with E-state index in [1.807, 2.05) is 25.7 Å². The van der Waals surface area contributed by atoms with Crippen molar-refractivity contribution in [2.75, 3.05) is 13.1 Å². The molecule has 24 heavy (non-hydrogen) atoms. The summed E-state index contributed by atoms with van der Waals surface area (Å²) in [5.74, 6) is 3.42. The molecule has 1 saturated heterocycles. The highest BCUT2D eigenvalue weighted by Crippen LogP contribution is 2.76. The second-order valence-corrected chi connectivity index (χ2v) is 9.57. The van der Waals surface area contributed by atoms with Gasteiger partial charge in [0.15, 0.2) is 5.82 Å². The molecule has 6 rings (SSSR count). The van der Waals surface area contributed by atoms with Crippen LogP contribution in [0.4, 0.5) is 4.79 Å². The van der Waals surface area contributed by atoms with E-state index in [4.69, 9.17) is 9.72 Å². The number of aromatic amines is 1. The van der Waals surface area contributed by atoms with Crippen molar-refractivity contribution >= 4 is 6.09 Å². The summed E-state index contributed by atoms with van der Waals surface area (Å²) in [5, 5.41) is 7.66. The van der Waals surface area contributed by atoms with Gasteiger partial charge in [-0.1, -0.05) is 0 Å². The van der Waals surface area contributed by atoms with Gasteiger partial charge in [-0.05, 0) is 58.3 Å². The van der Waals surface area contributed by atoms with E-state index in [2.05, 4.69) is 10.2 Å². The molecule has 0 unspecified atom stereocenters. The first-order valence-corrected chi connectivity index (χ1v) is 9.19. The summed E-state index contributed by atoms with van der Waals surface area (Å²) in [6.45, 7) is 7.46. The zero-order chi connectivity index (χ0) is 16.7. The molecule has 1 amide bonds. The highest BCUT2D eigenvalue weighted by Gasteiger charge is 2.73. The van der Waals surface area contributed by atoms with E-state index < -0.39 is 5.60 Å². The van der Waals surface area contributed by atoms with E-state index in [1.54, 1.807) is 0 Å². The van der Waals surface area contributed by atoms with Crippen LogP contribution in [0.3, 0.4) is 0 Å². The number of ether oxygens (including phenoxy) is 1. The Kier molecular flexibility index (Phi) is 2.65. The van der Waals surface area contributed by atoms with Gasteiger partial charge in [-0.15, -0.1) is 0 Å². The van der Waals surface area contributed by atoms with E-state index in [0.717, 1.165) is 24.7 Å². The molecular formula is C18H26N4O2. The van der Waals surface area contributed by atoms with E-state index in [-0.39, 0.29) is 11.5 Å². The quantitative estimate of drug-likeness (QED) is 0.925. The van der Waals surface area contributed by atoms with Crippen LogP contribution in [0.15, 0.2) is 0 Å². The van der Waals surface area contributed by atoms with Crippen LogP contribution in [0.5, 0.6) is 0 Å². The molecule has 4 saturated carbocycles. The molecule has 0 aromatic carbocycles. The Balaban J connectivity index is 1.16. The van der Waals surface area contributed by atoms with Gasteiger partial charge in [0.25, 0.3) is 0 Å². The Labute approximate surface area is 142 Å². The predicted molar refractivity (Wildman–Crippen MR) is 87.6 cm³/mol. The lowest BCUT2D eigenvalue weighted by Gasteiger charge is -2.74. The van der Waals surface area contributed by atoms with Crippen molar-refractivity contribution in [3.63, 3.8) is 0 Å². The number of carbonyl (C=O) groups excluding carboxylic acids is 1. The molecule has 2 heterocycles. The smallest absolute Gasteiger partial charge is 0.410 e. The number of amides is 1. The van der Waals surface area contributed by atoms with Crippen molar-refractivity contribution in [2.45, 2.75) is 69.8 Å². The molecule has 1 N–H and O–H groups in total. The maximum atomic E-state index is 12.1. The van der Waals surface area contributed by atoms with Gasteiger partial charge in [0, 0.05) is 30.3 Å². The van der Waals surface area contributed by atoms with Gasteiger partial charge in [0.1, 0.15) is 11.4 Å². The largest absolute Gasteiger partial charge is 0.444 e. The fourth-order valence-electron chi connectivity index (χ4n) is 4.93. The standard InChI is InChI=1S/C18H26N4O2/c1-16(2,3)24-15(23)22-6-12(7-22)17-8-18(9-17,10-17)14-19-13(20-21-14)11-4-5-11/h11-12H,4-10H2,1-3H3,(H,19,20,21). The SMILES string of the molecule is CC(C)(C)OC(=O)N1CC(C23CC(c4n[nH]c(C5CC5)n4)(C2)C3)C1. The van der Waals surface area contributed by atoms with Crippen LogP contribution in [-0.4, -0.2) is 44.9 Å². The lowest BCUT2D eigenvalue weighted by molar-refractivity contribution is -0.212. The third-order valence-corrected chi connectivity index (χ3v) is 6.41. The summed E-state index contributed by atoms with van der Waals surface area (Å²) in [5.41, 5.74) is 0.280. The fraction of sp³-hybridized carbons (Fsp3) is 0.833. The molecule has 0 radical (unpaired) electrons. The minimum atomic E-state index is -0.409. The number of carbonyl (C=O) groups is 1. The van der Waals surface area contributed by atoms with Gasteiger partial charge in [-0.2, -0.15) is 5.10 Å². The van der Waals surface area contributed by atoms with Crippen molar-refractivity contribution in [1.82, 2.24) is 20.1 Å². The molecule has 0 spiro atoms. The number of likely N-dealkylation sites (tertiary alicyclic amines) is 1. The van der Waals surface area contributed by atoms with E-state index in [1.165, 1.54) is 32.1 Å². The Morgan fingerprint density at radius 2 is 1.92 bits per heavy atom. The van der Waals surface area contributed by atoms with E-state index >= 15 is 0 Å². The van der Waals surface area contributed by atoms with Crippen molar-refractivity contribution in [1.29, 1.82) is 0 Å². The molecule has 0 atom stereocenters. The molecule has 6 heteroatoms. The molecule has 2 bridgehead atoms. The number of nitrogens with one attached hydrogen (secondary N) is 1. The summed E-state index contributed by atoms with van der Waals surface area (Å²) < 4.78 is 5.45. The molecule has 1 aliphatic heterocycles. The number of hydrogen-bond donors (Lipinski definition) is 1. The molecule has 6 nitrogen and oxygen atoms in total. The van der Waals surface area contributed by atoms with Crippen molar-refractivity contribution < 1.29 is 9.53 Å². The Hall–Kier alpha value is -1.59. The van der Waals surface area contributed by atoms with Crippen LogP contribution in [0.2, 0.25) is 0 Å². The van der Waals surface area contributed by atoms with Crippen LogP contribution >= 0.6 is 0 Å². The highest BCUT2D eigenvalue weighted by molar-refractivity contribution is 5.69. The maximum absolute atomic E-state index is 12.1. The second-order valence-electron chi connectivity index (χ2n) is 9.57. The predicted octanol–water partition coefficient (Wildman–Crippen LogP) is 2.97. The second kappa shape index (κ2) is 4.33. The summed E-state index contributed by atoms with van der Waals surface area (Å²) in [4.78, 5) is 18.7. The van der Waals surface area contributed by atoms with Crippen LogP contribution < -0.4 is 0 Å². The van der Waals surface area contributed by atoms with E-state index in [9.17, 15) is 4.79 Å². The molecule has 5 fully saturated rings. The number of aromatic nitrogens is 3. The Morgan fingerprint density at radius 3 is 2.50 bits per heavy atom. The fourth-order valence-corrected chi connectivity index (χ4v) is 4.93. The summed E-state index contributed by atoms with van der Waals surface area (Å²) in [6.07, 6.45) is 5.96. The van der Waals surface area contributed by atoms with Crippen LogP contribution in [0, 0.1) is 11.3 Å². The zero-order valence-corrected chi connectivity index (χ0v) is 14.8. The summed E-state index contributed by atoms with van der Waals surface area (Å²) in [6, 6.07) is 0. The van der Waals surface area contributed by atoms with Gasteiger partial charge >= 0.3 is 6.09 Å². The average molecular weight is 330 g/mol. The number of nitrogens with zero attached hydrogens (tertiary/aromatic N) is 3. The minimum absolute atomic E-state index is 0.164. The number of rotatable bonds is 3. The molecule has 5 aliphatic rings. The molecule has 130 valence electrons. The zero-order valence-electron chi connectivity index (χ0n) is 14.8. The normalized spacial score (nSPS) is 35.0. The first-order chi connectivity index (χ1) is 11.3. The average Bonchev–Trinajstić information content (AvgIpc) is 3.06. The van der Waals surface area contributed by atoms with Crippen LogP contribution in [-0.2, 0) is 10.2 Å². The topological polar surface area (TPSA) is 71.1 Å². The maximum Gasteiger partial charge on any atom is 0.410 e. The molecule has 1 aromatic rings. The van der Waals surface area contributed by atoms with E-state index in [0.29, 0.717) is 17.3 Å². The first kappa shape index (κ1) is 14.7. The lowest BCUT2D eigenvalue weighted by Crippen LogP contribution is -2.73. The van der Waals surface area contributed by atoms with Gasteiger partial charge in [-0.25, -0.2) is 9.78 Å². The summed E-state index contributed by atoms with van der Waals surface area (Å²) in [7, 11) is 0. The van der Waals surface area contributed by atoms with Crippen molar-refractivity contribution in [2.24, 2.45) is 11.3 Å². The Bertz CT molecular complexity index is 674. The van der Waals surface area contributed by atoms with Crippen molar-refractivity contribution in [3.8, 4) is 0 Å². The molecule has 1 aromatic heterocycles.